The topological polar surface area (TPSA) is 39.9 Å². The molecule has 3 rings (SSSR count). The quantitative estimate of drug-likeness (QED) is 0.488. The summed E-state index contributed by atoms with van der Waals surface area (Å²) in [6.45, 7) is 2.26. The molecule has 0 radical (unpaired) electrons. The Balaban J connectivity index is 1.68. The Morgan fingerprint density at radius 3 is 2.65 bits per heavy atom. The number of nitrogens with zero attached hydrogens (tertiary/aromatic N) is 3. The molecule has 0 amide bonds. The van der Waals surface area contributed by atoms with Crippen LogP contribution in [0.1, 0.15) is 23.6 Å². The van der Waals surface area contributed by atoms with E-state index in [1.807, 2.05) is 30.7 Å². The second kappa shape index (κ2) is 8.29. The number of halogens is 3. The Hall–Kier alpha value is -1.76. The van der Waals surface area contributed by atoms with Gasteiger partial charge in [0.15, 0.2) is 11.0 Å². The van der Waals surface area contributed by atoms with Gasteiger partial charge in [-0.25, -0.2) is 4.39 Å². The Labute approximate surface area is 165 Å². The molecule has 0 aliphatic heterocycles. The third-order valence-corrected chi connectivity index (χ3v) is 5.61. The highest BCUT2D eigenvalue weighted by molar-refractivity contribution is 7.99. The van der Waals surface area contributed by atoms with Crippen LogP contribution < -0.4 is 4.74 Å². The molecule has 4 nitrogen and oxygen atoms in total. The molecule has 3 aromatic rings. The lowest BCUT2D eigenvalue weighted by Crippen LogP contribution is -2.04. The van der Waals surface area contributed by atoms with Gasteiger partial charge in [-0.1, -0.05) is 53.2 Å². The van der Waals surface area contributed by atoms with Crippen LogP contribution in [0.3, 0.4) is 0 Å². The van der Waals surface area contributed by atoms with Crippen molar-refractivity contribution in [1.82, 2.24) is 14.8 Å². The van der Waals surface area contributed by atoms with Gasteiger partial charge in [-0.05, 0) is 36.8 Å². The van der Waals surface area contributed by atoms with Crippen LogP contribution in [0.2, 0.25) is 10.0 Å². The van der Waals surface area contributed by atoms with Crippen molar-refractivity contribution >= 4 is 35.0 Å². The van der Waals surface area contributed by atoms with E-state index < -0.39 is 5.82 Å². The highest BCUT2D eigenvalue weighted by atomic mass is 35.5. The van der Waals surface area contributed by atoms with E-state index in [1.165, 1.54) is 17.8 Å². The van der Waals surface area contributed by atoms with E-state index in [0.29, 0.717) is 16.6 Å². The lowest BCUT2D eigenvalue weighted by atomic mass is 10.2. The van der Waals surface area contributed by atoms with Crippen LogP contribution in [0.4, 0.5) is 4.39 Å². The number of thioether (sulfide) groups is 1. The molecule has 0 saturated heterocycles. The maximum absolute atomic E-state index is 13.3. The number of benzene rings is 2. The van der Waals surface area contributed by atoms with E-state index in [1.54, 1.807) is 24.3 Å². The molecule has 136 valence electrons. The van der Waals surface area contributed by atoms with Crippen molar-refractivity contribution < 1.29 is 9.13 Å². The third-order valence-electron chi connectivity index (χ3n) is 3.81. The number of hydrogen-bond acceptors (Lipinski definition) is 4. The summed E-state index contributed by atoms with van der Waals surface area (Å²) in [6, 6.07) is 12.0. The highest BCUT2D eigenvalue weighted by Gasteiger charge is 2.16. The molecule has 2 aromatic carbocycles. The van der Waals surface area contributed by atoms with Gasteiger partial charge in [0.1, 0.15) is 18.2 Å². The first kappa shape index (κ1) is 19.0. The third kappa shape index (κ3) is 4.31. The molecule has 0 spiro atoms. The molecule has 1 unspecified atom stereocenters. The molecule has 0 bridgehead atoms. The first-order chi connectivity index (χ1) is 12.5. The normalized spacial score (nSPS) is 12.2. The minimum absolute atomic E-state index is 0.0355. The predicted octanol–water partition coefficient (Wildman–Crippen LogP) is 5.69. The average Bonchev–Trinajstić information content (AvgIpc) is 2.96. The standard InChI is InChI=1S/C18H16Cl2FN3OS/c1-11(12-7-8-15(21)14(20)9-12)26-18-23-22-17(24(18)2)10-25-16-6-4-3-5-13(16)19/h3-9,11H,10H2,1-2H3. The van der Waals surface area contributed by atoms with Gasteiger partial charge in [0, 0.05) is 12.3 Å². The number of aromatic nitrogens is 3. The Kier molecular flexibility index (Phi) is 6.06. The summed E-state index contributed by atoms with van der Waals surface area (Å²) in [6.07, 6.45) is 0. The summed E-state index contributed by atoms with van der Waals surface area (Å²) in [5.74, 6) is 0.850. The molecule has 0 fully saturated rings. The van der Waals surface area contributed by atoms with Crippen molar-refractivity contribution in [2.75, 3.05) is 0 Å². The summed E-state index contributed by atoms with van der Waals surface area (Å²) in [5, 5.41) is 9.82. The van der Waals surface area contributed by atoms with Crippen molar-refractivity contribution in [2.45, 2.75) is 23.9 Å². The SMILES string of the molecule is CC(Sc1nnc(COc2ccccc2Cl)n1C)c1ccc(F)c(Cl)c1. The molecule has 1 heterocycles. The maximum Gasteiger partial charge on any atom is 0.191 e. The van der Waals surface area contributed by atoms with Crippen molar-refractivity contribution in [3.8, 4) is 5.75 Å². The van der Waals surface area contributed by atoms with Gasteiger partial charge < -0.3 is 9.30 Å². The van der Waals surface area contributed by atoms with Gasteiger partial charge in [0.25, 0.3) is 0 Å². The zero-order valence-electron chi connectivity index (χ0n) is 14.1. The Bertz CT molecular complexity index is 919. The number of para-hydroxylation sites is 1. The van der Waals surface area contributed by atoms with Gasteiger partial charge in [-0.3, -0.25) is 0 Å². The molecular weight excluding hydrogens is 396 g/mol. The summed E-state index contributed by atoms with van der Waals surface area (Å²) in [5.41, 5.74) is 0.915. The summed E-state index contributed by atoms with van der Waals surface area (Å²) < 4.78 is 20.9. The molecule has 0 aliphatic carbocycles. The summed E-state index contributed by atoms with van der Waals surface area (Å²) in [4.78, 5) is 0. The van der Waals surface area contributed by atoms with Crippen LogP contribution in [0.5, 0.6) is 5.75 Å². The smallest absolute Gasteiger partial charge is 0.191 e. The first-order valence-corrected chi connectivity index (χ1v) is 9.46. The summed E-state index contributed by atoms with van der Waals surface area (Å²) >= 11 is 13.5. The van der Waals surface area contributed by atoms with E-state index in [-0.39, 0.29) is 16.9 Å². The zero-order chi connectivity index (χ0) is 18.7. The average molecular weight is 412 g/mol. The number of hydrogen-bond donors (Lipinski definition) is 0. The van der Waals surface area contributed by atoms with E-state index in [2.05, 4.69) is 10.2 Å². The molecule has 1 aromatic heterocycles. The molecular formula is C18H16Cl2FN3OS. The van der Waals surface area contributed by atoms with Crippen LogP contribution in [-0.4, -0.2) is 14.8 Å². The van der Waals surface area contributed by atoms with Gasteiger partial charge in [-0.15, -0.1) is 10.2 Å². The molecule has 0 N–H and O–H groups in total. The van der Waals surface area contributed by atoms with Crippen molar-refractivity contribution in [3.63, 3.8) is 0 Å². The molecule has 26 heavy (non-hydrogen) atoms. The lowest BCUT2D eigenvalue weighted by molar-refractivity contribution is 0.290. The fraction of sp³-hybridized carbons (Fsp3) is 0.222. The van der Waals surface area contributed by atoms with Crippen LogP contribution in [0.15, 0.2) is 47.6 Å². The molecule has 8 heteroatoms. The fourth-order valence-corrected chi connectivity index (χ4v) is 3.60. The van der Waals surface area contributed by atoms with E-state index >= 15 is 0 Å². The van der Waals surface area contributed by atoms with Crippen LogP contribution in [0.25, 0.3) is 0 Å². The minimum Gasteiger partial charge on any atom is -0.484 e. The fourth-order valence-electron chi connectivity index (χ4n) is 2.27. The van der Waals surface area contributed by atoms with Crippen molar-refractivity contribution in [2.24, 2.45) is 7.05 Å². The van der Waals surface area contributed by atoms with Crippen molar-refractivity contribution in [1.29, 1.82) is 0 Å². The molecule has 1 atom stereocenters. The summed E-state index contributed by atoms with van der Waals surface area (Å²) in [7, 11) is 1.87. The first-order valence-electron chi connectivity index (χ1n) is 7.83. The maximum atomic E-state index is 13.3. The van der Waals surface area contributed by atoms with Crippen LogP contribution >= 0.6 is 35.0 Å². The van der Waals surface area contributed by atoms with Gasteiger partial charge in [0.05, 0.1) is 10.0 Å². The molecule has 0 saturated carbocycles. The number of ether oxygens (including phenoxy) is 1. The highest BCUT2D eigenvalue weighted by Crippen LogP contribution is 2.35. The van der Waals surface area contributed by atoms with Crippen molar-refractivity contribution in [3.05, 3.63) is 69.7 Å². The lowest BCUT2D eigenvalue weighted by Gasteiger charge is -2.12. The van der Waals surface area contributed by atoms with Crippen LogP contribution in [0, 0.1) is 5.82 Å². The van der Waals surface area contributed by atoms with E-state index in [4.69, 9.17) is 27.9 Å². The van der Waals surface area contributed by atoms with E-state index in [9.17, 15) is 4.39 Å². The largest absolute Gasteiger partial charge is 0.484 e. The second-order valence-electron chi connectivity index (χ2n) is 5.61. The Morgan fingerprint density at radius 2 is 1.92 bits per heavy atom. The second-order valence-corrected chi connectivity index (χ2v) is 7.73. The van der Waals surface area contributed by atoms with Gasteiger partial charge in [-0.2, -0.15) is 0 Å². The molecule has 0 aliphatic rings. The minimum atomic E-state index is -0.426. The zero-order valence-corrected chi connectivity index (χ0v) is 16.4. The predicted molar refractivity (Wildman–Crippen MR) is 102 cm³/mol. The monoisotopic (exact) mass is 411 g/mol. The van der Waals surface area contributed by atoms with E-state index in [0.717, 1.165) is 10.7 Å². The Morgan fingerprint density at radius 1 is 1.15 bits per heavy atom. The number of rotatable bonds is 6. The van der Waals surface area contributed by atoms with Gasteiger partial charge >= 0.3 is 0 Å². The van der Waals surface area contributed by atoms with Gasteiger partial charge in [0.2, 0.25) is 0 Å². The van der Waals surface area contributed by atoms with Crippen LogP contribution in [-0.2, 0) is 13.7 Å².